The summed E-state index contributed by atoms with van der Waals surface area (Å²) < 4.78 is 0. The molecule has 0 aromatic rings. The summed E-state index contributed by atoms with van der Waals surface area (Å²) in [5.74, 6) is 1.98. The van der Waals surface area contributed by atoms with E-state index in [2.05, 4.69) is 19.2 Å². The van der Waals surface area contributed by atoms with Crippen LogP contribution in [0, 0.1) is 17.8 Å². The maximum atomic E-state index is 9.53. The smallest absolute Gasteiger partial charge is 0.0574 e. The van der Waals surface area contributed by atoms with Gasteiger partial charge in [0, 0.05) is 0 Å². The predicted octanol–water partition coefficient (Wildman–Crippen LogP) is 1.25. The van der Waals surface area contributed by atoms with Crippen LogP contribution in [0.25, 0.3) is 0 Å². The molecular weight excluding hydrogens is 150 g/mol. The number of hydrogen-bond acceptors (Lipinski definition) is 2. The van der Waals surface area contributed by atoms with Gasteiger partial charge in [-0.2, -0.15) is 0 Å². The van der Waals surface area contributed by atoms with Gasteiger partial charge in [-0.05, 0) is 44.2 Å². The van der Waals surface area contributed by atoms with Crippen LogP contribution in [0.2, 0.25) is 0 Å². The van der Waals surface area contributed by atoms with Crippen molar-refractivity contribution in [1.29, 1.82) is 0 Å². The van der Waals surface area contributed by atoms with Gasteiger partial charge in [0.1, 0.15) is 0 Å². The van der Waals surface area contributed by atoms with E-state index in [9.17, 15) is 5.11 Å². The fraction of sp³-hybridized carbons (Fsp3) is 1.00. The van der Waals surface area contributed by atoms with E-state index in [0.29, 0.717) is 17.8 Å². The van der Waals surface area contributed by atoms with Gasteiger partial charge in [-0.25, -0.2) is 0 Å². The molecule has 2 heteroatoms. The van der Waals surface area contributed by atoms with Crippen LogP contribution in [0.1, 0.15) is 26.7 Å². The minimum Gasteiger partial charge on any atom is -0.393 e. The number of rotatable bonds is 4. The normalized spacial score (nSPS) is 35.2. The lowest BCUT2D eigenvalue weighted by atomic mass is 9.67. The molecule has 1 saturated carbocycles. The first-order valence-electron chi connectivity index (χ1n) is 4.97. The molecule has 0 amide bonds. The summed E-state index contributed by atoms with van der Waals surface area (Å²) in [6.07, 6.45) is 2.15. The topological polar surface area (TPSA) is 32.3 Å². The third kappa shape index (κ3) is 2.20. The van der Waals surface area contributed by atoms with Crippen molar-refractivity contribution in [2.75, 3.05) is 13.6 Å². The lowest BCUT2D eigenvalue weighted by Crippen LogP contribution is -2.46. The second-order valence-corrected chi connectivity index (χ2v) is 4.41. The number of aliphatic hydroxyl groups is 1. The molecule has 1 rings (SSSR count). The van der Waals surface area contributed by atoms with Crippen molar-refractivity contribution in [2.24, 2.45) is 17.8 Å². The van der Waals surface area contributed by atoms with Crippen molar-refractivity contribution in [1.82, 2.24) is 5.32 Å². The number of nitrogens with one attached hydrogen (secondary N) is 1. The average molecular weight is 171 g/mol. The molecule has 0 aliphatic heterocycles. The van der Waals surface area contributed by atoms with Crippen LogP contribution in [0.4, 0.5) is 0 Å². The minimum atomic E-state index is -0.0225. The van der Waals surface area contributed by atoms with E-state index in [1.54, 1.807) is 0 Å². The van der Waals surface area contributed by atoms with Gasteiger partial charge in [-0.3, -0.25) is 0 Å². The molecular formula is C10H21NO. The zero-order valence-electron chi connectivity index (χ0n) is 8.38. The molecule has 2 nitrogen and oxygen atoms in total. The Kier molecular flexibility index (Phi) is 3.53. The quantitative estimate of drug-likeness (QED) is 0.667. The van der Waals surface area contributed by atoms with Crippen molar-refractivity contribution >= 4 is 0 Å². The molecule has 72 valence electrons. The van der Waals surface area contributed by atoms with Crippen molar-refractivity contribution in [3.8, 4) is 0 Å². The lowest BCUT2D eigenvalue weighted by Gasteiger charge is -2.42. The summed E-state index contributed by atoms with van der Waals surface area (Å²) in [7, 11) is 1.98. The zero-order chi connectivity index (χ0) is 9.14. The maximum Gasteiger partial charge on any atom is 0.0574 e. The molecule has 0 aromatic carbocycles. The highest BCUT2D eigenvalue weighted by Crippen LogP contribution is 2.38. The second-order valence-electron chi connectivity index (χ2n) is 4.41. The Morgan fingerprint density at radius 1 is 1.50 bits per heavy atom. The number of aliphatic hydroxyl groups excluding tert-OH is 1. The maximum absolute atomic E-state index is 9.53. The monoisotopic (exact) mass is 171 g/mol. The van der Waals surface area contributed by atoms with Gasteiger partial charge in [0.25, 0.3) is 0 Å². The summed E-state index contributed by atoms with van der Waals surface area (Å²) in [4.78, 5) is 0. The van der Waals surface area contributed by atoms with E-state index >= 15 is 0 Å². The van der Waals surface area contributed by atoms with Gasteiger partial charge in [-0.15, -0.1) is 0 Å². The van der Waals surface area contributed by atoms with E-state index in [4.69, 9.17) is 0 Å². The molecule has 0 aromatic heterocycles. The Balaban J connectivity index is 2.28. The average Bonchev–Trinajstić information content (AvgIpc) is 2.00. The molecule has 3 atom stereocenters. The Bertz CT molecular complexity index is 134. The molecule has 0 radical (unpaired) electrons. The minimum absolute atomic E-state index is 0.0225. The van der Waals surface area contributed by atoms with Crippen LogP contribution in [-0.4, -0.2) is 24.8 Å². The van der Waals surface area contributed by atoms with E-state index in [1.807, 2.05) is 7.05 Å². The van der Waals surface area contributed by atoms with E-state index < -0.39 is 0 Å². The van der Waals surface area contributed by atoms with Gasteiger partial charge < -0.3 is 10.4 Å². The lowest BCUT2D eigenvalue weighted by molar-refractivity contribution is -0.0419. The first kappa shape index (κ1) is 10.0. The van der Waals surface area contributed by atoms with Crippen LogP contribution < -0.4 is 5.32 Å². The molecule has 0 heterocycles. The zero-order valence-corrected chi connectivity index (χ0v) is 8.38. The van der Waals surface area contributed by atoms with E-state index in [0.717, 1.165) is 13.0 Å². The highest BCUT2D eigenvalue weighted by Gasteiger charge is 2.38. The Morgan fingerprint density at radius 3 is 2.58 bits per heavy atom. The summed E-state index contributed by atoms with van der Waals surface area (Å²) in [5.41, 5.74) is 0. The summed E-state index contributed by atoms with van der Waals surface area (Å²) >= 11 is 0. The standard InChI is InChI=1S/C10H21NO/c1-7(2)4-9-8(6-11-3)5-10(9)12/h7-12H,4-6H2,1-3H3. The third-order valence-corrected chi connectivity index (χ3v) is 2.85. The molecule has 1 aliphatic rings. The predicted molar refractivity (Wildman–Crippen MR) is 51.0 cm³/mol. The van der Waals surface area contributed by atoms with Gasteiger partial charge in [-0.1, -0.05) is 13.8 Å². The van der Waals surface area contributed by atoms with Crippen molar-refractivity contribution in [2.45, 2.75) is 32.8 Å². The second kappa shape index (κ2) is 4.24. The molecule has 3 unspecified atom stereocenters. The van der Waals surface area contributed by atoms with Gasteiger partial charge >= 0.3 is 0 Å². The van der Waals surface area contributed by atoms with Crippen molar-refractivity contribution in [3.05, 3.63) is 0 Å². The Morgan fingerprint density at radius 2 is 2.17 bits per heavy atom. The van der Waals surface area contributed by atoms with Crippen LogP contribution in [-0.2, 0) is 0 Å². The molecule has 1 fully saturated rings. The fourth-order valence-electron chi connectivity index (χ4n) is 2.17. The van der Waals surface area contributed by atoms with Gasteiger partial charge in [0.15, 0.2) is 0 Å². The third-order valence-electron chi connectivity index (χ3n) is 2.85. The largest absolute Gasteiger partial charge is 0.393 e. The molecule has 0 spiro atoms. The van der Waals surface area contributed by atoms with Gasteiger partial charge in [0.2, 0.25) is 0 Å². The fourth-order valence-corrected chi connectivity index (χ4v) is 2.17. The van der Waals surface area contributed by atoms with Crippen LogP contribution in [0.15, 0.2) is 0 Å². The van der Waals surface area contributed by atoms with E-state index in [1.165, 1.54) is 6.42 Å². The van der Waals surface area contributed by atoms with Gasteiger partial charge in [0.05, 0.1) is 6.10 Å². The summed E-state index contributed by atoms with van der Waals surface area (Å²) in [5, 5.41) is 12.7. The SMILES string of the molecule is CNCC1CC(O)C1CC(C)C. The molecule has 2 N–H and O–H groups in total. The molecule has 1 aliphatic carbocycles. The molecule has 0 bridgehead atoms. The number of hydrogen-bond donors (Lipinski definition) is 2. The highest BCUT2D eigenvalue weighted by atomic mass is 16.3. The first-order chi connectivity index (χ1) is 5.65. The Labute approximate surface area is 75.4 Å². The van der Waals surface area contributed by atoms with Crippen LogP contribution >= 0.6 is 0 Å². The van der Waals surface area contributed by atoms with Crippen molar-refractivity contribution in [3.63, 3.8) is 0 Å². The molecule has 12 heavy (non-hydrogen) atoms. The van der Waals surface area contributed by atoms with E-state index in [-0.39, 0.29) is 6.10 Å². The Hall–Kier alpha value is -0.0800. The van der Waals surface area contributed by atoms with Crippen molar-refractivity contribution < 1.29 is 5.11 Å². The van der Waals surface area contributed by atoms with Crippen LogP contribution in [0.5, 0.6) is 0 Å². The summed E-state index contributed by atoms with van der Waals surface area (Å²) in [6, 6.07) is 0. The highest BCUT2D eigenvalue weighted by molar-refractivity contribution is 4.90. The van der Waals surface area contributed by atoms with Crippen LogP contribution in [0.3, 0.4) is 0 Å². The molecule has 0 saturated heterocycles. The first-order valence-corrected chi connectivity index (χ1v) is 4.97. The summed E-state index contributed by atoms with van der Waals surface area (Å²) in [6.45, 7) is 5.51.